The highest BCUT2D eigenvalue weighted by atomic mass is 16.2. The number of likely N-dealkylation sites (N-methyl/N-ethyl adjacent to an activating group) is 1. The highest BCUT2D eigenvalue weighted by Gasteiger charge is 2.39. The van der Waals surface area contributed by atoms with Crippen molar-refractivity contribution in [3.8, 4) is 0 Å². The molecular formula is C28H29N5O3. The predicted molar refractivity (Wildman–Crippen MR) is 137 cm³/mol. The standard InChI is InChI=1S/C28H29N5O3/c1-31-9-10-33-24(17-31)27(35)30-26-23(28(33)36)11-18(14-29-26)7-8-25(34)32-15-21-12-20(13-22(21)16-32)19-5-3-2-4-6-19/h2-8,11-12,14,21-22,24H,9-10,13,15-17H2,1H3,(H,29,30,35)/b8-7+. The molecule has 2 fully saturated rings. The van der Waals surface area contributed by atoms with Gasteiger partial charge in [-0.05, 0) is 54.1 Å². The summed E-state index contributed by atoms with van der Waals surface area (Å²) in [6, 6.07) is 11.6. The van der Waals surface area contributed by atoms with E-state index in [0.717, 1.165) is 19.5 Å². The fourth-order valence-corrected chi connectivity index (χ4v) is 5.81. The van der Waals surface area contributed by atoms with Crippen molar-refractivity contribution < 1.29 is 14.4 Å². The number of likely N-dealkylation sites (tertiary alicyclic amines) is 1. The molecule has 184 valence electrons. The highest BCUT2D eigenvalue weighted by Crippen LogP contribution is 2.41. The third kappa shape index (κ3) is 4.11. The molecule has 3 aliphatic heterocycles. The molecule has 3 unspecified atom stereocenters. The molecule has 0 bridgehead atoms. The average molecular weight is 484 g/mol. The average Bonchev–Trinajstić information content (AvgIpc) is 3.45. The monoisotopic (exact) mass is 483 g/mol. The van der Waals surface area contributed by atoms with E-state index in [1.54, 1.807) is 29.3 Å². The molecule has 1 N–H and O–H groups in total. The van der Waals surface area contributed by atoms with Crippen LogP contribution in [0, 0.1) is 11.8 Å². The Kier molecular flexibility index (Phi) is 5.68. The molecule has 8 heteroatoms. The molecule has 36 heavy (non-hydrogen) atoms. The third-order valence-corrected chi connectivity index (χ3v) is 7.79. The Morgan fingerprint density at radius 1 is 1.11 bits per heavy atom. The Balaban J connectivity index is 1.14. The molecule has 8 nitrogen and oxygen atoms in total. The molecule has 1 aromatic heterocycles. The van der Waals surface area contributed by atoms with Gasteiger partial charge in [0.05, 0.1) is 5.56 Å². The quantitative estimate of drug-likeness (QED) is 0.678. The summed E-state index contributed by atoms with van der Waals surface area (Å²) in [5, 5.41) is 2.80. The van der Waals surface area contributed by atoms with Crippen LogP contribution >= 0.6 is 0 Å². The summed E-state index contributed by atoms with van der Waals surface area (Å²) in [4.78, 5) is 48.8. The second-order valence-electron chi connectivity index (χ2n) is 10.2. The zero-order valence-electron chi connectivity index (χ0n) is 20.3. The molecule has 3 amide bonds. The molecule has 1 aliphatic carbocycles. The summed E-state index contributed by atoms with van der Waals surface area (Å²) in [6.45, 7) is 3.17. The first-order chi connectivity index (χ1) is 17.5. The first kappa shape index (κ1) is 22.7. The Bertz CT molecular complexity index is 1290. The summed E-state index contributed by atoms with van der Waals surface area (Å²) in [6.07, 6.45) is 8.18. The number of piperazine rings is 1. The fraction of sp³-hybridized carbons (Fsp3) is 0.357. The lowest BCUT2D eigenvalue weighted by molar-refractivity contribution is -0.125. The maximum absolute atomic E-state index is 13.2. The topological polar surface area (TPSA) is 85.8 Å². The second kappa shape index (κ2) is 9.02. The molecule has 6 rings (SSSR count). The van der Waals surface area contributed by atoms with Gasteiger partial charge in [-0.15, -0.1) is 0 Å². The number of anilines is 1. The summed E-state index contributed by atoms with van der Waals surface area (Å²) >= 11 is 0. The van der Waals surface area contributed by atoms with Gasteiger partial charge >= 0.3 is 0 Å². The minimum Gasteiger partial charge on any atom is -0.338 e. The molecule has 2 saturated heterocycles. The third-order valence-electron chi connectivity index (χ3n) is 7.79. The van der Waals surface area contributed by atoms with E-state index in [0.29, 0.717) is 42.6 Å². The number of hydrogen-bond acceptors (Lipinski definition) is 5. The normalized spacial score (nSPS) is 25.8. The number of hydrogen-bond donors (Lipinski definition) is 1. The van der Waals surface area contributed by atoms with Crippen LogP contribution in [0.2, 0.25) is 0 Å². The van der Waals surface area contributed by atoms with E-state index in [-0.39, 0.29) is 23.5 Å². The Morgan fingerprint density at radius 2 is 1.94 bits per heavy atom. The number of nitrogens with one attached hydrogen (secondary N) is 1. The lowest BCUT2D eigenvalue weighted by Gasteiger charge is -2.37. The summed E-state index contributed by atoms with van der Waals surface area (Å²) < 4.78 is 0. The van der Waals surface area contributed by atoms with Crippen molar-refractivity contribution in [1.82, 2.24) is 19.7 Å². The van der Waals surface area contributed by atoms with Crippen LogP contribution in [-0.2, 0) is 9.59 Å². The summed E-state index contributed by atoms with van der Waals surface area (Å²) in [7, 11) is 1.94. The molecule has 0 spiro atoms. The first-order valence-electron chi connectivity index (χ1n) is 12.5. The number of allylic oxidation sites excluding steroid dienone is 1. The fourth-order valence-electron chi connectivity index (χ4n) is 5.81. The van der Waals surface area contributed by atoms with Crippen molar-refractivity contribution in [3.63, 3.8) is 0 Å². The van der Waals surface area contributed by atoms with Gasteiger partial charge in [-0.2, -0.15) is 0 Å². The van der Waals surface area contributed by atoms with Gasteiger partial charge in [0.15, 0.2) is 0 Å². The van der Waals surface area contributed by atoms with Crippen molar-refractivity contribution >= 4 is 35.2 Å². The lowest BCUT2D eigenvalue weighted by atomic mass is 9.98. The number of carbonyl (C=O) groups excluding carboxylic acids is 3. The Hall–Kier alpha value is -3.78. The number of carbonyl (C=O) groups is 3. The van der Waals surface area contributed by atoms with E-state index in [2.05, 4.69) is 40.6 Å². The Labute approximate surface area is 210 Å². The van der Waals surface area contributed by atoms with Gasteiger partial charge in [0, 0.05) is 45.0 Å². The van der Waals surface area contributed by atoms with Crippen LogP contribution in [0.4, 0.5) is 5.82 Å². The van der Waals surface area contributed by atoms with Gasteiger partial charge in [-0.1, -0.05) is 36.4 Å². The minimum atomic E-state index is -0.530. The van der Waals surface area contributed by atoms with E-state index in [4.69, 9.17) is 0 Å². The van der Waals surface area contributed by atoms with E-state index >= 15 is 0 Å². The molecule has 0 radical (unpaired) electrons. The number of benzene rings is 1. The molecule has 4 heterocycles. The van der Waals surface area contributed by atoms with Gasteiger partial charge < -0.3 is 20.0 Å². The Morgan fingerprint density at radius 3 is 2.75 bits per heavy atom. The van der Waals surface area contributed by atoms with E-state index in [9.17, 15) is 14.4 Å². The van der Waals surface area contributed by atoms with Gasteiger partial charge in [0.2, 0.25) is 11.8 Å². The zero-order valence-corrected chi connectivity index (χ0v) is 20.3. The van der Waals surface area contributed by atoms with Gasteiger partial charge in [-0.25, -0.2) is 4.98 Å². The summed E-state index contributed by atoms with van der Waals surface area (Å²) in [5.74, 6) is 0.674. The highest BCUT2D eigenvalue weighted by molar-refractivity contribution is 6.09. The molecule has 2 aromatic rings. The maximum Gasteiger partial charge on any atom is 0.258 e. The van der Waals surface area contributed by atoms with Crippen molar-refractivity contribution in [2.24, 2.45) is 11.8 Å². The van der Waals surface area contributed by atoms with Crippen LogP contribution < -0.4 is 5.32 Å². The number of aromatic nitrogens is 1. The smallest absolute Gasteiger partial charge is 0.258 e. The van der Waals surface area contributed by atoms with Crippen LogP contribution in [0.5, 0.6) is 0 Å². The number of pyridine rings is 1. The number of fused-ring (bicyclic) bond motifs is 3. The number of rotatable bonds is 3. The van der Waals surface area contributed by atoms with Crippen molar-refractivity contribution in [3.05, 3.63) is 71.4 Å². The largest absolute Gasteiger partial charge is 0.338 e. The maximum atomic E-state index is 13.2. The van der Waals surface area contributed by atoms with Crippen LogP contribution in [0.15, 0.2) is 54.7 Å². The predicted octanol–water partition coefficient (Wildman–Crippen LogP) is 2.37. The van der Waals surface area contributed by atoms with Crippen molar-refractivity contribution in [1.29, 1.82) is 0 Å². The van der Waals surface area contributed by atoms with Crippen LogP contribution in [0.1, 0.15) is 27.9 Å². The van der Waals surface area contributed by atoms with E-state index < -0.39 is 6.04 Å². The SMILES string of the molecule is CN1CCN2C(=O)c3cc(/C=C/C(=O)N4CC5C=C(c6ccccc6)CC5C4)cnc3NC(=O)C2C1. The molecule has 0 saturated carbocycles. The lowest BCUT2D eigenvalue weighted by Crippen LogP contribution is -2.57. The van der Waals surface area contributed by atoms with Gasteiger partial charge in [-0.3, -0.25) is 14.4 Å². The minimum absolute atomic E-state index is 0.0345. The van der Waals surface area contributed by atoms with E-state index in [1.165, 1.54) is 11.1 Å². The second-order valence-corrected chi connectivity index (χ2v) is 10.2. The van der Waals surface area contributed by atoms with Crippen molar-refractivity contribution in [2.75, 3.05) is 45.1 Å². The molecular weight excluding hydrogens is 454 g/mol. The molecule has 1 aromatic carbocycles. The van der Waals surface area contributed by atoms with Crippen LogP contribution in [0.3, 0.4) is 0 Å². The first-order valence-corrected chi connectivity index (χ1v) is 12.5. The van der Waals surface area contributed by atoms with E-state index in [1.807, 2.05) is 22.9 Å². The van der Waals surface area contributed by atoms with Gasteiger partial charge in [0.25, 0.3) is 5.91 Å². The van der Waals surface area contributed by atoms with Gasteiger partial charge in [0.1, 0.15) is 11.9 Å². The molecule has 3 atom stereocenters. The van der Waals surface area contributed by atoms with Crippen LogP contribution in [0.25, 0.3) is 11.6 Å². The van der Waals surface area contributed by atoms with Crippen molar-refractivity contribution in [2.45, 2.75) is 12.5 Å². The van der Waals surface area contributed by atoms with Crippen LogP contribution in [-0.4, -0.2) is 83.2 Å². The number of nitrogens with zero attached hydrogens (tertiary/aromatic N) is 4. The summed E-state index contributed by atoms with van der Waals surface area (Å²) in [5.41, 5.74) is 3.67. The molecule has 4 aliphatic rings. The number of amides is 3. The zero-order chi connectivity index (χ0) is 24.8.